The van der Waals surface area contributed by atoms with E-state index in [1.807, 2.05) is 30.7 Å². The van der Waals surface area contributed by atoms with Crippen LogP contribution in [0.15, 0.2) is 72.8 Å². The van der Waals surface area contributed by atoms with Crippen LogP contribution in [0.4, 0.5) is 13.2 Å². The van der Waals surface area contributed by atoms with Crippen LogP contribution in [0.25, 0.3) is 16.8 Å². The lowest BCUT2D eigenvalue weighted by atomic mass is 9.92. The van der Waals surface area contributed by atoms with E-state index in [4.69, 9.17) is 0 Å². The molecule has 0 amide bonds. The third kappa shape index (κ3) is 4.11. The summed E-state index contributed by atoms with van der Waals surface area (Å²) in [5.41, 5.74) is 1.11. The number of alkyl halides is 3. The fraction of sp³-hybridized carbons (Fsp3) is 0.136. The topological polar surface area (TPSA) is 0 Å². The van der Waals surface area contributed by atoms with Crippen LogP contribution >= 0.6 is 0 Å². The van der Waals surface area contributed by atoms with Crippen molar-refractivity contribution >= 4 is 16.8 Å². The molecule has 0 heterocycles. The Morgan fingerprint density at radius 3 is 2.40 bits per heavy atom. The predicted molar refractivity (Wildman–Crippen MR) is 97.1 cm³/mol. The van der Waals surface area contributed by atoms with Crippen molar-refractivity contribution in [3.8, 4) is 0 Å². The first-order chi connectivity index (χ1) is 11.9. The van der Waals surface area contributed by atoms with E-state index in [0.717, 1.165) is 12.1 Å². The molecule has 1 atom stereocenters. The third-order valence-electron chi connectivity index (χ3n) is 4.22. The number of fused-ring (bicyclic) bond motifs is 1. The molecule has 0 spiro atoms. The zero-order valence-electron chi connectivity index (χ0n) is 13.8. The zero-order valence-corrected chi connectivity index (χ0v) is 13.8. The van der Waals surface area contributed by atoms with Gasteiger partial charge < -0.3 is 0 Å². The molecule has 0 aliphatic rings. The molecule has 0 bridgehead atoms. The van der Waals surface area contributed by atoms with Crippen LogP contribution in [0.1, 0.15) is 29.5 Å². The largest absolute Gasteiger partial charge is 0.416 e. The highest BCUT2D eigenvalue weighted by Gasteiger charge is 2.30. The van der Waals surface area contributed by atoms with Gasteiger partial charge in [-0.05, 0) is 46.4 Å². The second-order valence-electron chi connectivity index (χ2n) is 6.03. The molecular weight excluding hydrogens is 321 g/mol. The Balaban J connectivity index is 1.76. The van der Waals surface area contributed by atoms with Gasteiger partial charge in [-0.15, -0.1) is 0 Å². The van der Waals surface area contributed by atoms with E-state index >= 15 is 0 Å². The van der Waals surface area contributed by atoms with Gasteiger partial charge in [-0.3, -0.25) is 0 Å². The number of allylic oxidation sites excluding steroid dienone is 1. The molecule has 1 radical (unpaired) electrons. The van der Waals surface area contributed by atoms with Crippen molar-refractivity contribution in [1.29, 1.82) is 0 Å². The Kier molecular flexibility index (Phi) is 4.93. The summed E-state index contributed by atoms with van der Waals surface area (Å²) in [5.74, 6) is 0.160. The van der Waals surface area contributed by atoms with Crippen LogP contribution in [0, 0.1) is 6.42 Å². The fourth-order valence-electron chi connectivity index (χ4n) is 2.90. The fourth-order valence-corrected chi connectivity index (χ4v) is 2.90. The molecule has 3 aromatic rings. The van der Waals surface area contributed by atoms with Crippen molar-refractivity contribution in [3.63, 3.8) is 0 Å². The van der Waals surface area contributed by atoms with Crippen molar-refractivity contribution in [3.05, 3.63) is 95.9 Å². The SMILES string of the molecule is CC([CH]C=Cc1cccc(C(F)(F)F)c1)c1cccc2ccccc12. The maximum atomic E-state index is 12.8. The first-order valence-electron chi connectivity index (χ1n) is 8.11. The molecule has 0 aliphatic heterocycles. The Hall–Kier alpha value is -2.55. The highest BCUT2D eigenvalue weighted by Crippen LogP contribution is 2.30. The van der Waals surface area contributed by atoms with E-state index in [1.54, 1.807) is 12.1 Å². The Morgan fingerprint density at radius 2 is 1.60 bits per heavy atom. The number of halogens is 3. The Bertz CT molecular complexity index is 886. The van der Waals surface area contributed by atoms with Crippen molar-refractivity contribution in [1.82, 2.24) is 0 Å². The van der Waals surface area contributed by atoms with E-state index in [9.17, 15) is 13.2 Å². The summed E-state index contributed by atoms with van der Waals surface area (Å²) >= 11 is 0. The van der Waals surface area contributed by atoms with Gasteiger partial charge in [-0.25, -0.2) is 0 Å². The lowest BCUT2D eigenvalue weighted by Crippen LogP contribution is -2.04. The van der Waals surface area contributed by atoms with Crippen LogP contribution in [-0.4, -0.2) is 0 Å². The van der Waals surface area contributed by atoms with Crippen molar-refractivity contribution in [2.75, 3.05) is 0 Å². The van der Waals surface area contributed by atoms with Crippen LogP contribution in [0.3, 0.4) is 0 Å². The summed E-state index contributed by atoms with van der Waals surface area (Å²) in [4.78, 5) is 0. The molecule has 0 aromatic heterocycles. The minimum absolute atomic E-state index is 0.160. The van der Waals surface area contributed by atoms with Gasteiger partial charge >= 0.3 is 6.18 Å². The number of rotatable bonds is 4. The van der Waals surface area contributed by atoms with Gasteiger partial charge in [0.25, 0.3) is 0 Å². The quantitative estimate of drug-likeness (QED) is 0.486. The van der Waals surface area contributed by atoms with E-state index in [-0.39, 0.29) is 5.92 Å². The first kappa shape index (κ1) is 17.3. The molecule has 0 saturated carbocycles. The zero-order chi connectivity index (χ0) is 17.9. The molecule has 0 saturated heterocycles. The van der Waals surface area contributed by atoms with Crippen LogP contribution in [0.5, 0.6) is 0 Å². The van der Waals surface area contributed by atoms with Gasteiger partial charge in [0.15, 0.2) is 0 Å². The van der Waals surface area contributed by atoms with Crippen LogP contribution in [0.2, 0.25) is 0 Å². The molecule has 3 aromatic carbocycles. The van der Waals surface area contributed by atoms with Crippen molar-refractivity contribution in [2.45, 2.75) is 19.0 Å². The van der Waals surface area contributed by atoms with Gasteiger partial charge in [0, 0.05) is 0 Å². The summed E-state index contributed by atoms with van der Waals surface area (Å²) in [6.07, 6.45) is 1.21. The van der Waals surface area contributed by atoms with Gasteiger partial charge in [-0.2, -0.15) is 13.2 Å². The van der Waals surface area contributed by atoms with Crippen molar-refractivity contribution in [2.24, 2.45) is 0 Å². The number of hydrogen-bond acceptors (Lipinski definition) is 0. The highest BCUT2D eigenvalue weighted by molar-refractivity contribution is 5.86. The van der Waals surface area contributed by atoms with E-state index in [1.165, 1.54) is 22.4 Å². The lowest BCUT2D eigenvalue weighted by molar-refractivity contribution is -0.137. The smallest absolute Gasteiger partial charge is 0.166 e. The monoisotopic (exact) mass is 339 g/mol. The number of benzene rings is 3. The second-order valence-corrected chi connectivity index (χ2v) is 6.03. The first-order valence-corrected chi connectivity index (χ1v) is 8.11. The molecule has 1 unspecified atom stereocenters. The van der Waals surface area contributed by atoms with Gasteiger partial charge in [0.2, 0.25) is 0 Å². The summed E-state index contributed by atoms with van der Waals surface area (Å²) in [6.45, 7) is 2.08. The summed E-state index contributed by atoms with van der Waals surface area (Å²) in [5, 5.41) is 2.38. The van der Waals surface area contributed by atoms with Crippen LogP contribution < -0.4 is 0 Å². The lowest BCUT2D eigenvalue weighted by Gasteiger charge is -2.12. The Labute approximate surface area is 145 Å². The Morgan fingerprint density at radius 1 is 0.880 bits per heavy atom. The predicted octanol–water partition coefficient (Wildman–Crippen LogP) is 6.88. The maximum absolute atomic E-state index is 12.8. The molecule has 0 N–H and O–H groups in total. The molecule has 0 aliphatic carbocycles. The van der Waals surface area contributed by atoms with E-state index < -0.39 is 11.7 Å². The average Bonchev–Trinajstić information content (AvgIpc) is 2.60. The molecular formula is C22H18F3. The summed E-state index contributed by atoms with van der Waals surface area (Å²) < 4.78 is 38.3. The summed E-state index contributed by atoms with van der Waals surface area (Å²) in [6, 6.07) is 19.7. The minimum atomic E-state index is -4.32. The average molecular weight is 339 g/mol. The standard InChI is InChI=1S/C22H18F3/c1-16(20-14-6-11-18-10-2-3-13-21(18)20)7-4-8-17-9-5-12-19(15-17)22(23,24)25/h2-16H,1H3. The van der Waals surface area contributed by atoms with E-state index in [2.05, 4.69) is 31.2 Å². The molecule has 3 heteroatoms. The van der Waals surface area contributed by atoms with Crippen molar-refractivity contribution < 1.29 is 13.2 Å². The second kappa shape index (κ2) is 7.14. The van der Waals surface area contributed by atoms with Gasteiger partial charge in [0.1, 0.15) is 0 Å². The molecule has 0 fully saturated rings. The highest BCUT2D eigenvalue weighted by atomic mass is 19.4. The molecule has 25 heavy (non-hydrogen) atoms. The molecule has 127 valence electrons. The normalized spacial score (nSPS) is 13.4. The summed E-state index contributed by atoms with van der Waals surface area (Å²) in [7, 11) is 0. The van der Waals surface area contributed by atoms with E-state index in [0.29, 0.717) is 5.56 Å². The minimum Gasteiger partial charge on any atom is -0.166 e. The molecule has 3 rings (SSSR count). The van der Waals surface area contributed by atoms with Gasteiger partial charge in [0.05, 0.1) is 5.56 Å². The maximum Gasteiger partial charge on any atom is 0.416 e. The third-order valence-corrected chi connectivity index (χ3v) is 4.22. The van der Waals surface area contributed by atoms with Crippen LogP contribution in [-0.2, 0) is 6.18 Å². The van der Waals surface area contributed by atoms with Gasteiger partial charge in [-0.1, -0.05) is 73.7 Å². The number of hydrogen-bond donors (Lipinski definition) is 0. The molecule has 0 nitrogen and oxygen atoms in total.